The number of hydrogen-bond donors (Lipinski definition) is 2. The molecule has 2 aromatic heterocycles. The van der Waals surface area contributed by atoms with Gasteiger partial charge in [0.05, 0.1) is 38.6 Å². The van der Waals surface area contributed by atoms with E-state index in [9.17, 15) is 22.8 Å². The van der Waals surface area contributed by atoms with Crippen LogP contribution in [0, 0.1) is 6.92 Å². The fraction of sp³-hybridized carbons (Fsp3) is 0.370. The van der Waals surface area contributed by atoms with Gasteiger partial charge in [0.2, 0.25) is 11.9 Å². The second-order valence-electron chi connectivity index (χ2n) is 9.37. The second kappa shape index (κ2) is 12.3. The Labute approximate surface area is 241 Å². The molecule has 2 N–H and O–H groups in total. The first-order valence-electron chi connectivity index (χ1n) is 13.0. The number of methoxy groups -OCH3 is 2. The lowest BCUT2D eigenvalue weighted by atomic mass is 10.1. The van der Waals surface area contributed by atoms with Crippen molar-refractivity contribution in [3.8, 4) is 23.0 Å². The Morgan fingerprint density at radius 1 is 1.09 bits per heavy atom. The molecular weight excluding hydrogens is 577 g/mol. The van der Waals surface area contributed by atoms with Gasteiger partial charge in [0.1, 0.15) is 29.0 Å². The largest absolute Gasteiger partial charge is 0.497 e. The monoisotopic (exact) mass is 604 g/mol. The van der Waals surface area contributed by atoms with Crippen LogP contribution in [0.5, 0.6) is 23.0 Å². The molecule has 0 atom stereocenters. The first-order valence-corrected chi connectivity index (χ1v) is 13.0. The fourth-order valence-electron chi connectivity index (χ4n) is 4.48. The zero-order chi connectivity index (χ0) is 30.7. The topological polar surface area (TPSA) is 150 Å². The molecule has 16 heteroatoms. The van der Waals surface area contributed by atoms with E-state index in [2.05, 4.69) is 30.0 Å². The SMILES string of the molecule is COc1cc(OC)c2nc(Nc3nc4ccc(OCCN5CCOCC5)c(OC(=O)C(F)(F)F)c4c(=O)[nH]3)nc(C)c2c1. The Kier molecular flexibility index (Phi) is 8.50. The van der Waals surface area contributed by atoms with Gasteiger partial charge in [-0.1, -0.05) is 0 Å². The first kappa shape index (κ1) is 29.8. The minimum atomic E-state index is -5.31. The van der Waals surface area contributed by atoms with Crippen LogP contribution in [0.4, 0.5) is 25.1 Å². The maximum Gasteiger partial charge on any atom is 0.491 e. The number of hydrogen-bond acceptors (Lipinski definition) is 12. The molecule has 1 aliphatic rings. The number of nitrogens with zero attached hydrogens (tertiary/aromatic N) is 4. The zero-order valence-electron chi connectivity index (χ0n) is 23.3. The lowest BCUT2D eigenvalue weighted by molar-refractivity contribution is -0.189. The van der Waals surface area contributed by atoms with E-state index < -0.39 is 28.8 Å². The Bertz CT molecular complexity index is 1720. The zero-order valence-corrected chi connectivity index (χ0v) is 23.3. The fourth-order valence-corrected chi connectivity index (χ4v) is 4.48. The van der Waals surface area contributed by atoms with Crippen molar-refractivity contribution >= 4 is 39.7 Å². The van der Waals surface area contributed by atoms with E-state index in [-0.39, 0.29) is 29.8 Å². The molecule has 3 heterocycles. The van der Waals surface area contributed by atoms with Crippen LogP contribution in [0.1, 0.15) is 5.69 Å². The number of carbonyl (C=O) groups is 1. The molecular formula is C27H27F3N6O7. The van der Waals surface area contributed by atoms with Crippen molar-refractivity contribution in [2.75, 3.05) is 59.0 Å². The summed E-state index contributed by atoms with van der Waals surface area (Å²) in [6, 6.07) is 6.05. The molecule has 0 bridgehead atoms. The summed E-state index contributed by atoms with van der Waals surface area (Å²) in [6.45, 7) is 4.67. The van der Waals surface area contributed by atoms with Crippen molar-refractivity contribution in [3.63, 3.8) is 0 Å². The molecule has 1 saturated heterocycles. The molecule has 1 fully saturated rings. The number of aromatic nitrogens is 4. The van der Waals surface area contributed by atoms with Crippen molar-refractivity contribution in [1.82, 2.24) is 24.8 Å². The van der Waals surface area contributed by atoms with Gasteiger partial charge >= 0.3 is 12.1 Å². The van der Waals surface area contributed by atoms with Gasteiger partial charge in [-0.25, -0.2) is 19.7 Å². The Balaban J connectivity index is 1.49. The molecule has 0 radical (unpaired) electrons. The predicted octanol–water partition coefficient (Wildman–Crippen LogP) is 3.11. The van der Waals surface area contributed by atoms with Crippen LogP contribution >= 0.6 is 0 Å². The highest BCUT2D eigenvalue weighted by Crippen LogP contribution is 2.36. The van der Waals surface area contributed by atoms with Crippen molar-refractivity contribution in [3.05, 3.63) is 40.3 Å². The number of aromatic amines is 1. The Morgan fingerprint density at radius 2 is 1.86 bits per heavy atom. The number of alkyl halides is 3. The molecule has 4 aromatic rings. The van der Waals surface area contributed by atoms with Crippen molar-refractivity contribution in [2.24, 2.45) is 0 Å². The summed E-state index contributed by atoms with van der Waals surface area (Å²) < 4.78 is 65.8. The number of aryl methyl sites for hydroxylation is 1. The van der Waals surface area contributed by atoms with E-state index in [0.717, 1.165) is 0 Å². The number of nitrogens with one attached hydrogen (secondary N) is 2. The molecule has 0 spiro atoms. The number of halogens is 3. The highest BCUT2D eigenvalue weighted by molar-refractivity contribution is 5.92. The number of H-pyrrole nitrogens is 1. The highest BCUT2D eigenvalue weighted by atomic mass is 19.4. The normalized spacial score (nSPS) is 14.1. The average Bonchev–Trinajstić information content (AvgIpc) is 2.97. The van der Waals surface area contributed by atoms with Gasteiger partial charge in [0.15, 0.2) is 11.5 Å². The minimum Gasteiger partial charge on any atom is -0.497 e. The molecule has 0 saturated carbocycles. The quantitative estimate of drug-likeness (QED) is 0.213. The van der Waals surface area contributed by atoms with Crippen LogP contribution in [0.15, 0.2) is 29.1 Å². The van der Waals surface area contributed by atoms with Gasteiger partial charge in [-0.3, -0.25) is 20.0 Å². The van der Waals surface area contributed by atoms with E-state index in [0.29, 0.717) is 60.9 Å². The summed E-state index contributed by atoms with van der Waals surface area (Å²) >= 11 is 0. The molecule has 1 aliphatic heterocycles. The summed E-state index contributed by atoms with van der Waals surface area (Å²) in [7, 11) is 3.00. The van der Waals surface area contributed by atoms with Crippen LogP contribution in [-0.4, -0.2) is 90.7 Å². The Morgan fingerprint density at radius 3 is 2.56 bits per heavy atom. The van der Waals surface area contributed by atoms with E-state index in [1.807, 2.05) is 4.90 Å². The molecule has 0 amide bonds. The van der Waals surface area contributed by atoms with E-state index >= 15 is 0 Å². The summed E-state index contributed by atoms with van der Waals surface area (Å²) in [4.78, 5) is 42.6. The molecule has 13 nitrogen and oxygen atoms in total. The molecule has 0 unspecified atom stereocenters. The average molecular weight is 605 g/mol. The lowest BCUT2D eigenvalue weighted by Crippen LogP contribution is -2.38. The van der Waals surface area contributed by atoms with E-state index in [4.69, 9.17) is 18.9 Å². The third-order valence-electron chi connectivity index (χ3n) is 6.60. The predicted molar refractivity (Wildman–Crippen MR) is 147 cm³/mol. The number of esters is 1. The van der Waals surface area contributed by atoms with Crippen molar-refractivity contribution in [1.29, 1.82) is 0 Å². The number of anilines is 2. The number of carbonyl (C=O) groups excluding carboxylic acids is 1. The van der Waals surface area contributed by atoms with Crippen LogP contribution in [0.2, 0.25) is 0 Å². The third-order valence-corrected chi connectivity index (χ3v) is 6.60. The molecule has 5 rings (SSSR count). The van der Waals surface area contributed by atoms with E-state index in [1.54, 1.807) is 19.1 Å². The van der Waals surface area contributed by atoms with Crippen LogP contribution in [0.3, 0.4) is 0 Å². The summed E-state index contributed by atoms with van der Waals surface area (Å²) in [6.07, 6.45) is -5.31. The number of benzene rings is 2. The number of ether oxygens (including phenoxy) is 5. The molecule has 0 aliphatic carbocycles. The van der Waals surface area contributed by atoms with Crippen LogP contribution in [-0.2, 0) is 9.53 Å². The molecule has 43 heavy (non-hydrogen) atoms. The van der Waals surface area contributed by atoms with Gasteiger partial charge in [-0.2, -0.15) is 13.2 Å². The summed E-state index contributed by atoms with van der Waals surface area (Å²) in [5, 5.41) is 3.07. The molecule has 228 valence electrons. The van der Waals surface area contributed by atoms with Gasteiger partial charge < -0.3 is 23.7 Å². The third kappa shape index (κ3) is 6.54. The first-order chi connectivity index (χ1) is 20.6. The minimum absolute atomic E-state index is 0.0566. The smallest absolute Gasteiger partial charge is 0.491 e. The Hall–Kier alpha value is -4.70. The van der Waals surface area contributed by atoms with Gasteiger partial charge in [0, 0.05) is 31.1 Å². The second-order valence-corrected chi connectivity index (χ2v) is 9.37. The van der Waals surface area contributed by atoms with E-state index in [1.165, 1.54) is 26.4 Å². The standard InChI is InChI=1S/C27H27F3N6O7/c1-14-16-12-15(39-2)13-19(40-3)21(16)33-25(31-14)35-26-32-17-4-5-18(42-11-8-36-6-9-41-10-7-36)22(20(17)23(37)34-26)43-24(38)27(28,29)30/h4-5,12-13H,6-11H2,1-3H3,(H2,31,32,33,34,35,37). The van der Waals surface area contributed by atoms with Crippen LogP contribution < -0.4 is 29.8 Å². The lowest BCUT2D eigenvalue weighted by Gasteiger charge is -2.26. The van der Waals surface area contributed by atoms with Gasteiger partial charge in [0.25, 0.3) is 5.56 Å². The van der Waals surface area contributed by atoms with Crippen molar-refractivity contribution in [2.45, 2.75) is 13.1 Å². The summed E-state index contributed by atoms with van der Waals surface area (Å²) in [5.74, 6) is -2.52. The van der Waals surface area contributed by atoms with Gasteiger partial charge in [-0.05, 0) is 25.1 Å². The molecule has 2 aromatic carbocycles. The number of rotatable bonds is 9. The van der Waals surface area contributed by atoms with Crippen molar-refractivity contribution < 1.29 is 41.7 Å². The number of morpholine rings is 1. The number of fused-ring (bicyclic) bond motifs is 2. The van der Waals surface area contributed by atoms with Crippen LogP contribution in [0.25, 0.3) is 21.8 Å². The maximum absolute atomic E-state index is 13.2. The maximum atomic E-state index is 13.2. The summed E-state index contributed by atoms with van der Waals surface area (Å²) in [5.41, 5.74) is 0.0576. The van der Waals surface area contributed by atoms with Gasteiger partial charge in [-0.15, -0.1) is 0 Å². The highest BCUT2D eigenvalue weighted by Gasteiger charge is 2.42.